The van der Waals surface area contributed by atoms with Crippen molar-refractivity contribution in [1.82, 2.24) is 0 Å². The number of hydrogen-bond donors (Lipinski definition) is 2. The van der Waals surface area contributed by atoms with Crippen LogP contribution in [-0.4, -0.2) is 5.91 Å². The topological polar surface area (TPSA) is 55.1 Å². The molecule has 0 unspecified atom stereocenters. The van der Waals surface area contributed by atoms with E-state index in [1.165, 1.54) is 12.1 Å². The number of hydrogen-bond acceptors (Lipinski definition) is 2. The SMILES string of the molecule is CC(C)CC(=O)Nc1c(N)cccc1F. The fourth-order valence-corrected chi connectivity index (χ4v) is 1.23. The van der Waals surface area contributed by atoms with Crippen molar-refractivity contribution in [2.75, 3.05) is 11.1 Å². The van der Waals surface area contributed by atoms with Crippen LogP contribution in [0.5, 0.6) is 0 Å². The van der Waals surface area contributed by atoms with Crippen LogP contribution in [0.2, 0.25) is 0 Å². The van der Waals surface area contributed by atoms with Crippen LogP contribution in [0.25, 0.3) is 0 Å². The lowest BCUT2D eigenvalue weighted by Crippen LogP contribution is -2.16. The number of anilines is 2. The van der Waals surface area contributed by atoms with Crippen LogP contribution in [0, 0.1) is 11.7 Å². The summed E-state index contributed by atoms with van der Waals surface area (Å²) in [7, 11) is 0. The molecule has 82 valence electrons. The molecule has 0 saturated carbocycles. The molecule has 3 N–H and O–H groups in total. The normalized spacial score (nSPS) is 10.4. The van der Waals surface area contributed by atoms with E-state index in [9.17, 15) is 9.18 Å². The number of carbonyl (C=O) groups excluding carboxylic acids is 1. The zero-order chi connectivity index (χ0) is 11.4. The smallest absolute Gasteiger partial charge is 0.224 e. The minimum absolute atomic E-state index is 0.0724. The molecule has 4 heteroatoms. The predicted molar refractivity (Wildman–Crippen MR) is 58.9 cm³/mol. The molecule has 0 aromatic heterocycles. The molecule has 0 heterocycles. The van der Waals surface area contributed by atoms with Gasteiger partial charge in [0.25, 0.3) is 0 Å². The molecule has 0 saturated heterocycles. The lowest BCUT2D eigenvalue weighted by molar-refractivity contribution is -0.116. The van der Waals surface area contributed by atoms with Crippen molar-refractivity contribution < 1.29 is 9.18 Å². The Hall–Kier alpha value is -1.58. The summed E-state index contributed by atoms with van der Waals surface area (Å²) in [4.78, 5) is 11.4. The van der Waals surface area contributed by atoms with E-state index in [4.69, 9.17) is 5.73 Å². The van der Waals surface area contributed by atoms with Crippen molar-refractivity contribution in [3.05, 3.63) is 24.0 Å². The summed E-state index contributed by atoms with van der Waals surface area (Å²) in [5.74, 6) is -0.494. The number of para-hydroxylation sites is 1. The summed E-state index contributed by atoms with van der Waals surface area (Å²) in [5, 5.41) is 2.47. The Bertz CT molecular complexity index is 343. The summed E-state index contributed by atoms with van der Waals surface area (Å²) in [5.41, 5.74) is 5.86. The Morgan fingerprint density at radius 1 is 1.53 bits per heavy atom. The fraction of sp³-hybridized carbons (Fsp3) is 0.364. The molecule has 0 aliphatic carbocycles. The molecule has 3 nitrogen and oxygen atoms in total. The number of benzene rings is 1. The van der Waals surface area contributed by atoms with Crippen molar-refractivity contribution in [2.24, 2.45) is 5.92 Å². The summed E-state index contributed by atoms with van der Waals surface area (Å²) < 4.78 is 13.3. The summed E-state index contributed by atoms with van der Waals surface area (Å²) in [6, 6.07) is 4.32. The standard InChI is InChI=1S/C11H15FN2O/c1-7(2)6-10(15)14-11-8(12)4-3-5-9(11)13/h3-5,7H,6,13H2,1-2H3,(H,14,15). The van der Waals surface area contributed by atoms with Gasteiger partial charge in [0.15, 0.2) is 0 Å². The second kappa shape index (κ2) is 4.77. The third kappa shape index (κ3) is 3.23. The van der Waals surface area contributed by atoms with Crippen LogP contribution in [0.3, 0.4) is 0 Å². The molecule has 0 bridgehead atoms. The average Bonchev–Trinajstić information content (AvgIpc) is 2.10. The highest BCUT2D eigenvalue weighted by Gasteiger charge is 2.10. The van der Waals surface area contributed by atoms with Gasteiger partial charge in [-0.05, 0) is 18.1 Å². The molecule has 1 rings (SSSR count). The largest absolute Gasteiger partial charge is 0.397 e. The summed E-state index contributed by atoms with van der Waals surface area (Å²) >= 11 is 0. The first-order valence-electron chi connectivity index (χ1n) is 4.84. The van der Waals surface area contributed by atoms with E-state index in [1.54, 1.807) is 6.07 Å². The van der Waals surface area contributed by atoms with Crippen LogP contribution in [0.1, 0.15) is 20.3 Å². The van der Waals surface area contributed by atoms with Gasteiger partial charge in [-0.3, -0.25) is 4.79 Å². The first-order valence-corrected chi connectivity index (χ1v) is 4.84. The van der Waals surface area contributed by atoms with Gasteiger partial charge < -0.3 is 11.1 Å². The van der Waals surface area contributed by atoms with Gasteiger partial charge in [-0.15, -0.1) is 0 Å². The number of nitrogen functional groups attached to an aromatic ring is 1. The zero-order valence-electron chi connectivity index (χ0n) is 8.88. The quantitative estimate of drug-likeness (QED) is 0.752. The zero-order valence-corrected chi connectivity index (χ0v) is 8.88. The minimum Gasteiger partial charge on any atom is -0.397 e. The third-order valence-electron chi connectivity index (χ3n) is 1.90. The molecule has 1 aromatic carbocycles. The molecule has 1 amide bonds. The van der Waals surface area contributed by atoms with Gasteiger partial charge in [0.05, 0.1) is 5.69 Å². The second-order valence-corrected chi connectivity index (χ2v) is 3.85. The molecule has 0 radical (unpaired) electrons. The van der Waals surface area contributed by atoms with E-state index < -0.39 is 5.82 Å². The Kier molecular flexibility index (Phi) is 3.66. The van der Waals surface area contributed by atoms with Crippen molar-refractivity contribution in [1.29, 1.82) is 0 Å². The van der Waals surface area contributed by atoms with Crippen LogP contribution >= 0.6 is 0 Å². The van der Waals surface area contributed by atoms with Crippen LogP contribution in [0.15, 0.2) is 18.2 Å². The molecular weight excluding hydrogens is 195 g/mol. The average molecular weight is 210 g/mol. The number of halogens is 1. The Morgan fingerprint density at radius 3 is 2.73 bits per heavy atom. The van der Waals surface area contributed by atoms with Gasteiger partial charge in [-0.1, -0.05) is 19.9 Å². The lowest BCUT2D eigenvalue weighted by Gasteiger charge is -2.10. The Labute approximate surface area is 88.5 Å². The van der Waals surface area contributed by atoms with E-state index >= 15 is 0 Å². The van der Waals surface area contributed by atoms with E-state index in [1.807, 2.05) is 13.8 Å². The summed E-state index contributed by atoms with van der Waals surface area (Å²) in [6.07, 6.45) is 0.355. The fourth-order valence-electron chi connectivity index (χ4n) is 1.23. The van der Waals surface area contributed by atoms with Crippen molar-refractivity contribution in [2.45, 2.75) is 20.3 Å². The molecule has 0 aliphatic rings. The molecule has 0 atom stereocenters. The van der Waals surface area contributed by atoms with Gasteiger partial charge >= 0.3 is 0 Å². The number of nitrogens with two attached hydrogens (primary N) is 1. The van der Waals surface area contributed by atoms with Crippen molar-refractivity contribution >= 4 is 17.3 Å². The number of amides is 1. The Balaban J connectivity index is 2.76. The first-order chi connectivity index (χ1) is 7.00. The van der Waals surface area contributed by atoms with Crippen LogP contribution in [-0.2, 0) is 4.79 Å². The highest BCUT2D eigenvalue weighted by atomic mass is 19.1. The molecule has 15 heavy (non-hydrogen) atoms. The minimum atomic E-state index is -0.507. The molecule has 0 aliphatic heterocycles. The predicted octanol–water partition coefficient (Wildman–Crippen LogP) is 2.39. The van der Waals surface area contributed by atoms with Crippen LogP contribution in [0.4, 0.5) is 15.8 Å². The van der Waals surface area contributed by atoms with E-state index in [-0.39, 0.29) is 23.2 Å². The van der Waals surface area contributed by atoms with Crippen molar-refractivity contribution in [3.63, 3.8) is 0 Å². The van der Waals surface area contributed by atoms with E-state index in [0.29, 0.717) is 6.42 Å². The molecule has 0 fully saturated rings. The Morgan fingerprint density at radius 2 is 2.20 bits per heavy atom. The maximum atomic E-state index is 13.3. The second-order valence-electron chi connectivity index (χ2n) is 3.85. The summed E-state index contributed by atoms with van der Waals surface area (Å²) in [6.45, 7) is 3.84. The third-order valence-corrected chi connectivity index (χ3v) is 1.90. The number of rotatable bonds is 3. The van der Waals surface area contributed by atoms with Gasteiger partial charge in [0.1, 0.15) is 11.5 Å². The molecular formula is C11H15FN2O. The highest BCUT2D eigenvalue weighted by molar-refractivity contribution is 5.94. The molecule has 1 aromatic rings. The van der Waals surface area contributed by atoms with Gasteiger partial charge in [0, 0.05) is 6.42 Å². The van der Waals surface area contributed by atoms with Crippen LogP contribution < -0.4 is 11.1 Å². The monoisotopic (exact) mass is 210 g/mol. The number of carbonyl (C=O) groups is 1. The lowest BCUT2D eigenvalue weighted by atomic mass is 10.1. The molecule has 0 spiro atoms. The van der Waals surface area contributed by atoms with Gasteiger partial charge in [0.2, 0.25) is 5.91 Å². The van der Waals surface area contributed by atoms with Crippen molar-refractivity contribution in [3.8, 4) is 0 Å². The van der Waals surface area contributed by atoms with E-state index in [2.05, 4.69) is 5.32 Å². The van der Waals surface area contributed by atoms with E-state index in [0.717, 1.165) is 0 Å². The van der Waals surface area contributed by atoms with Gasteiger partial charge in [-0.25, -0.2) is 4.39 Å². The first kappa shape index (κ1) is 11.5. The highest BCUT2D eigenvalue weighted by Crippen LogP contribution is 2.22. The number of nitrogens with one attached hydrogen (secondary N) is 1. The maximum Gasteiger partial charge on any atom is 0.224 e. The maximum absolute atomic E-state index is 13.3. The van der Waals surface area contributed by atoms with Gasteiger partial charge in [-0.2, -0.15) is 0 Å².